The number of carbonyl (C=O) groups excluding carboxylic acids is 1. The molecule has 0 spiro atoms. The van der Waals surface area contributed by atoms with Crippen LogP contribution in [0.4, 0.5) is 0 Å². The summed E-state index contributed by atoms with van der Waals surface area (Å²) in [6.45, 7) is 12.6. The van der Waals surface area contributed by atoms with Crippen LogP contribution in [0.3, 0.4) is 0 Å². The van der Waals surface area contributed by atoms with Crippen LogP contribution >= 0.6 is 11.8 Å². The minimum absolute atomic E-state index is 0.189. The maximum absolute atomic E-state index is 12.7. The van der Waals surface area contributed by atoms with E-state index in [-0.39, 0.29) is 5.91 Å². The van der Waals surface area contributed by atoms with Gasteiger partial charge in [-0.25, -0.2) is 0 Å². The number of hydrogen-bond donors (Lipinski definition) is 0. The number of likely N-dealkylation sites (tertiary alicyclic amines) is 1. The molecule has 0 aliphatic carbocycles. The van der Waals surface area contributed by atoms with E-state index in [9.17, 15) is 4.79 Å². The number of carbonyl (C=O) groups is 1. The first-order chi connectivity index (χ1) is 14.6. The molecule has 2 aromatic rings. The highest BCUT2D eigenvalue weighted by molar-refractivity contribution is 7.99. The predicted octanol–water partition coefficient (Wildman–Crippen LogP) is 2.22. The van der Waals surface area contributed by atoms with E-state index in [4.69, 9.17) is 0 Å². The van der Waals surface area contributed by atoms with Crippen molar-refractivity contribution in [3.63, 3.8) is 0 Å². The molecule has 1 amide bonds. The summed E-state index contributed by atoms with van der Waals surface area (Å²) >= 11 is 1.47. The average Bonchev–Trinajstić information content (AvgIpc) is 3.45. The van der Waals surface area contributed by atoms with E-state index < -0.39 is 0 Å². The third kappa shape index (κ3) is 5.22. The second-order valence-corrected chi connectivity index (χ2v) is 9.25. The Morgan fingerprint density at radius 1 is 0.967 bits per heavy atom. The largest absolute Gasteiger partial charge is 0.339 e. The average molecular weight is 429 g/mol. The second kappa shape index (κ2) is 9.94. The van der Waals surface area contributed by atoms with Crippen molar-refractivity contribution in [2.24, 2.45) is 0 Å². The Kier molecular flexibility index (Phi) is 7.07. The van der Waals surface area contributed by atoms with E-state index in [0.717, 1.165) is 50.1 Å². The number of nitrogens with zero attached hydrogens (tertiary/aromatic N) is 6. The topological polar surface area (TPSA) is 57.5 Å². The Balaban J connectivity index is 1.25. The molecule has 8 heteroatoms. The molecule has 0 N–H and O–H groups in total. The van der Waals surface area contributed by atoms with Gasteiger partial charge in [0.2, 0.25) is 5.91 Å². The first kappa shape index (κ1) is 21.3. The Morgan fingerprint density at radius 3 is 2.37 bits per heavy atom. The van der Waals surface area contributed by atoms with Gasteiger partial charge in [-0.1, -0.05) is 17.8 Å². The van der Waals surface area contributed by atoms with Crippen molar-refractivity contribution in [3.05, 3.63) is 35.7 Å². The van der Waals surface area contributed by atoms with E-state index in [1.165, 1.54) is 48.8 Å². The zero-order valence-corrected chi connectivity index (χ0v) is 18.9. The van der Waals surface area contributed by atoms with Crippen LogP contribution in [-0.4, -0.2) is 93.5 Å². The van der Waals surface area contributed by atoms with Crippen LogP contribution in [0.5, 0.6) is 0 Å². The molecule has 0 bridgehead atoms. The third-order valence-corrected chi connectivity index (χ3v) is 7.19. The molecule has 2 aliphatic heterocycles. The van der Waals surface area contributed by atoms with E-state index in [0.29, 0.717) is 5.75 Å². The number of hydrogen-bond acceptors (Lipinski definition) is 6. The Morgan fingerprint density at radius 2 is 1.67 bits per heavy atom. The van der Waals surface area contributed by atoms with Crippen LogP contribution in [0.2, 0.25) is 0 Å². The van der Waals surface area contributed by atoms with Crippen LogP contribution < -0.4 is 0 Å². The van der Waals surface area contributed by atoms with E-state index in [1.54, 1.807) is 6.33 Å². The highest BCUT2D eigenvalue weighted by Gasteiger charge is 2.22. The maximum Gasteiger partial charge on any atom is 0.233 e. The van der Waals surface area contributed by atoms with Gasteiger partial charge >= 0.3 is 0 Å². The van der Waals surface area contributed by atoms with Gasteiger partial charge in [0, 0.05) is 45.0 Å². The van der Waals surface area contributed by atoms with Gasteiger partial charge in [-0.3, -0.25) is 14.3 Å². The normalized spacial score (nSPS) is 18.3. The molecule has 2 aliphatic rings. The lowest BCUT2D eigenvalue weighted by molar-refractivity contribution is -0.130. The molecule has 2 fully saturated rings. The number of rotatable bonds is 7. The fraction of sp³-hybridized carbons (Fsp3) is 0.591. The summed E-state index contributed by atoms with van der Waals surface area (Å²) < 4.78 is 1.96. The maximum atomic E-state index is 12.7. The lowest BCUT2D eigenvalue weighted by Crippen LogP contribution is -2.50. The lowest BCUT2D eigenvalue weighted by atomic mass is 10.1. The molecule has 0 saturated carbocycles. The molecule has 0 atom stereocenters. The minimum atomic E-state index is 0.189. The molecule has 3 heterocycles. The summed E-state index contributed by atoms with van der Waals surface area (Å²) in [7, 11) is 0. The zero-order chi connectivity index (χ0) is 20.9. The van der Waals surface area contributed by atoms with E-state index in [2.05, 4.69) is 52.0 Å². The molecule has 0 radical (unpaired) electrons. The highest BCUT2D eigenvalue weighted by Crippen LogP contribution is 2.22. The molecular formula is C22H32N6OS. The van der Waals surface area contributed by atoms with Crippen molar-refractivity contribution in [2.75, 3.05) is 58.1 Å². The van der Waals surface area contributed by atoms with E-state index >= 15 is 0 Å². The number of aromatic nitrogens is 3. The molecular weight excluding hydrogens is 396 g/mol. The number of thioether (sulfide) groups is 1. The van der Waals surface area contributed by atoms with Gasteiger partial charge in [0.15, 0.2) is 5.16 Å². The molecule has 162 valence electrons. The number of benzene rings is 1. The summed E-state index contributed by atoms with van der Waals surface area (Å²) in [5, 5.41) is 9.05. The molecule has 4 rings (SSSR count). The van der Waals surface area contributed by atoms with Gasteiger partial charge < -0.3 is 9.80 Å². The number of amides is 1. The van der Waals surface area contributed by atoms with Crippen molar-refractivity contribution in [1.29, 1.82) is 0 Å². The van der Waals surface area contributed by atoms with Gasteiger partial charge in [-0.15, -0.1) is 10.2 Å². The monoisotopic (exact) mass is 428 g/mol. The molecule has 30 heavy (non-hydrogen) atoms. The first-order valence-corrected chi connectivity index (χ1v) is 11.9. The van der Waals surface area contributed by atoms with Gasteiger partial charge in [0.25, 0.3) is 0 Å². The van der Waals surface area contributed by atoms with Crippen molar-refractivity contribution < 1.29 is 4.79 Å². The summed E-state index contributed by atoms with van der Waals surface area (Å²) in [5.74, 6) is 0.589. The van der Waals surface area contributed by atoms with Crippen molar-refractivity contribution in [3.8, 4) is 5.69 Å². The fourth-order valence-corrected chi connectivity index (χ4v) is 4.93. The van der Waals surface area contributed by atoms with Gasteiger partial charge in [-0.05, 0) is 63.0 Å². The summed E-state index contributed by atoms with van der Waals surface area (Å²) in [6.07, 6.45) is 4.41. The standard InChI is InChI=1S/C22H32N6OS/c1-18-5-6-20(15-19(18)2)28-17-23-24-22(28)30-16-21(29)27-13-11-26(12-14-27)10-9-25-7-3-4-8-25/h5-6,15,17H,3-4,7-14,16H2,1-2H3. The van der Waals surface area contributed by atoms with Crippen LogP contribution in [0.15, 0.2) is 29.7 Å². The second-order valence-electron chi connectivity index (χ2n) is 8.31. The Bertz CT molecular complexity index is 855. The molecule has 0 unspecified atom stereocenters. The van der Waals surface area contributed by atoms with Gasteiger partial charge in [-0.2, -0.15) is 0 Å². The summed E-state index contributed by atoms with van der Waals surface area (Å²) in [6, 6.07) is 6.30. The van der Waals surface area contributed by atoms with Gasteiger partial charge in [0.1, 0.15) is 6.33 Å². The van der Waals surface area contributed by atoms with Crippen molar-refractivity contribution in [2.45, 2.75) is 31.8 Å². The molecule has 2 saturated heterocycles. The van der Waals surface area contributed by atoms with Crippen LogP contribution in [0.1, 0.15) is 24.0 Å². The Labute approximate surface area is 183 Å². The van der Waals surface area contributed by atoms with Crippen LogP contribution in [0, 0.1) is 13.8 Å². The molecule has 1 aromatic carbocycles. The number of piperazine rings is 1. The molecule has 1 aromatic heterocycles. The smallest absolute Gasteiger partial charge is 0.233 e. The fourth-order valence-electron chi connectivity index (χ4n) is 4.10. The van der Waals surface area contributed by atoms with Gasteiger partial charge in [0.05, 0.1) is 5.75 Å². The minimum Gasteiger partial charge on any atom is -0.339 e. The first-order valence-electron chi connectivity index (χ1n) is 10.9. The van der Waals surface area contributed by atoms with Crippen LogP contribution in [-0.2, 0) is 4.79 Å². The zero-order valence-electron chi connectivity index (χ0n) is 18.1. The van der Waals surface area contributed by atoms with Crippen molar-refractivity contribution in [1.82, 2.24) is 29.5 Å². The summed E-state index contributed by atoms with van der Waals surface area (Å²) in [4.78, 5) is 19.8. The molecule has 7 nitrogen and oxygen atoms in total. The quantitative estimate of drug-likeness (QED) is 0.631. The highest BCUT2D eigenvalue weighted by atomic mass is 32.2. The lowest BCUT2D eigenvalue weighted by Gasteiger charge is -2.35. The summed E-state index contributed by atoms with van der Waals surface area (Å²) in [5.41, 5.74) is 3.52. The van der Waals surface area contributed by atoms with Crippen molar-refractivity contribution >= 4 is 17.7 Å². The SMILES string of the molecule is Cc1ccc(-n2cnnc2SCC(=O)N2CCN(CCN3CCCC3)CC2)cc1C. The Hall–Kier alpha value is -1.90. The van der Waals surface area contributed by atoms with Crippen LogP contribution in [0.25, 0.3) is 5.69 Å². The number of aryl methyl sites for hydroxylation is 2. The third-order valence-electron chi connectivity index (χ3n) is 6.27. The van der Waals surface area contributed by atoms with E-state index in [1.807, 2.05) is 9.47 Å². The predicted molar refractivity (Wildman–Crippen MR) is 120 cm³/mol.